The lowest BCUT2D eigenvalue weighted by Crippen LogP contribution is -2.65. The van der Waals surface area contributed by atoms with Gasteiger partial charge in [-0.25, -0.2) is 4.79 Å². The Morgan fingerprint density at radius 3 is 2.50 bits per heavy atom. The van der Waals surface area contributed by atoms with Crippen molar-refractivity contribution in [1.29, 1.82) is 0 Å². The van der Waals surface area contributed by atoms with Crippen LogP contribution in [0.1, 0.15) is 49.8 Å². The summed E-state index contributed by atoms with van der Waals surface area (Å²) in [5.74, 6) is 0.450. The lowest BCUT2D eigenvalue weighted by Gasteiger charge is -2.52. The summed E-state index contributed by atoms with van der Waals surface area (Å²) in [6.45, 7) is 4.42. The normalized spacial score (nSPS) is 27.5. The summed E-state index contributed by atoms with van der Waals surface area (Å²) in [6.07, 6.45) is 6.54. The highest BCUT2D eigenvalue weighted by molar-refractivity contribution is 7.10. The number of fused-ring (bicyclic) bond motifs is 3. The number of esters is 1. The summed E-state index contributed by atoms with van der Waals surface area (Å²) in [6, 6.07) is 9.92. The minimum absolute atomic E-state index is 0.0522. The van der Waals surface area contributed by atoms with Crippen molar-refractivity contribution < 1.29 is 28.8 Å². The third-order valence-electron chi connectivity index (χ3n) is 8.55. The first kappa shape index (κ1) is 25.2. The van der Waals surface area contributed by atoms with Crippen molar-refractivity contribution in [2.75, 3.05) is 32.8 Å². The maximum atomic E-state index is 13.5. The summed E-state index contributed by atoms with van der Waals surface area (Å²) in [5, 5.41) is 24.4. The number of thiophene rings is 1. The number of piperidine rings is 3. The summed E-state index contributed by atoms with van der Waals surface area (Å²) in [5.41, 5.74) is -1.49. The van der Waals surface area contributed by atoms with E-state index >= 15 is 0 Å². The predicted octanol–water partition coefficient (Wildman–Crippen LogP) is 4.66. The van der Waals surface area contributed by atoms with Gasteiger partial charge in [0.05, 0.1) is 31.2 Å². The van der Waals surface area contributed by atoms with Gasteiger partial charge < -0.3 is 19.1 Å². The monoisotopic (exact) mass is 515 g/mol. The molecule has 9 heteroatoms. The molecule has 0 spiro atoms. The van der Waals surface area contributed by atoms with Crippen LogP contribution in [0.3, 0.4) is 0 Å². The van der Waals surface area contributed by atoms with Crippen LogP contribution in [0.5, 0.6) is 5.75 Å². The van der Waals surface area contributed by atoms with Crippen molar-refractivity contribution in [1.82, 2.24) is 0 Å². The second-order valence-corrected chi connectivity index (χ2v) is 11.6. The second kappa shape index (κ2) is 10.5. The van der Waals surface area contributed by atoms with Crippen molar-refractivity contribution in [3.63, 3.8) is 0 Å². The molecule has 4 aliphatic rings. The highest BCUT2D eigenvalue weighted by Crippen LogP contribution is 2.44. The van der Waals surface area contributed by atoms with E-state index in [0.717, 1.165) is 75.6 Å². The van der Waals surface area contributed by atoms with Gasteiger partial charge in [-0.1, -0.05) is 18.9 Å². The fraction of sp³-hybridized carbons (Fsp3) is 0.593. The maximum absolute atomic E-state index is 13.5. The van der Waals surface area contributed by atoms with Crippen LogP contribution in [0, 0.1) is 22.0 Å². The van der Waals surface area contributed by atoms with E-state index in [1.54, 1.807) is 12.1 Å². The smallest absolute Gasteiger partial charge is 0.344 e. The summed E-state index contributed by atoms with van der Waals surface area (Å²) in [4.78, 5) is 24.6. The number of aliphatic hydroxyl groups is 1. The van der Waals surface area contributed by atoms with Crippen LogP contribution in [0.25, 0.3) is 0 Å². The van der Waals surface area contributed by atoms with Crippen LogP contribution in [-0.2, 0) is 15.1 Å². The first-order valence-electron chi connectivity index (χ1n) is 13.1. The molecular weight excluding hydrogens is 480 g/mol. The zero-order valence-electron chi connectivity index (χ0n) is 20.5. The van der Waals surface area contributed by atoms with Gasteiger partial charge in [-0.2, -0.15) is 0 Å². The van der Waals surface area contributed by atoms with E-state index in [-0.39, 0.29) is 17.7 Å². The number of benzene rings is 1. The van der Waals surface area contributed by atoms with Gasteiger partial charge in [0.25, 0.3) is 5.69 Å². The van der Waals surface area contributed by atoms with Crippen molar-refractivity contribution >= 4 is 23.0 Å². The molecule has 8 nitrogen and oxygen atoms in total. The number of ether oxygens (including phenoxy) is 2. The maximum Gasteiger partial charge on any atom is 0.344 e. The van der Waals surface area contributed by atoms with Crippen LogP contribution < -0.4 is 4.74 Å². The van der Waals surface area contributed by atoms with Crippen LogP contribution in [0.2, 0.25) is 0 Å². The number of carbonyl (C=O) groups excluding carboxylic acids is 1. The molecule has 1 saturated carbocycles. The van der Waals surface area contributed by atoms with Gasteiger partial charge >= 0.3 is 5.97 Å². The SMILES string of the molecule is O=C(O[C@H]1C[N+]2(CCCOc3ccc([N+](=O)[O-])cc3)CCC1CC2)[C@](O)(c1cccs1)C1CCCC1. The zero-order chi connectivity index (χ0) is 25.2. The third-order valence-corrected chi connectivity index (χ3v) is 9.54. The third kappa shape index (κ3) is 5.01. The molecule has 1 aromatic heterocycles. The first-order chi connectivity index (χ1) is 17.4. The Morgan fingerprint density at radius 1 is 1.14 bits per heavy atom. The summed E-state index contributed by atoms with van der Waals surface area (Å²) in [7, 11) is 0. The van der Waals surface area contributed by atoms with E-state index in [1.165, 1.54) is 23.5 Å². The lowest BCUT2D eigenvalue weighted by molar-refractivity contribution is -0.946. The second-order valence-electron chi connectivity index (χ2n) is 10.7. The molecule has 6 rings (SSSR count). The average Bonchev–Trinajstić information content (AvgIpc) is 3.63. The fourth-order valence-corrected chi connectivity index (χ4v) is 7.35. The number of hydrogen-bond acceptors (Lipinski definition) is 7. The van der Waals surface area contributed by atoms with Gasteiger partial charge in [0.15, 0.2) is 11.7 Å². The van der Waals surface area contributed by atoms with Gasteiger partial charge in [0.2, 0.25) is 0 Å². The molecule has 2 bridgehead atoms. The average molecular weight is 516 g/mol. The highest BCUT2D eigenvalue weighted by atomic mass is 32.1. The van der Waals surface area contributed by atoms with Crippen molar-refractivity contribution in [3.8, 4) is 5.75 Å². The lowest BCUT2D eigenvalue weighted by atomic mass is 9.82. The van der Waals surface area contributed by atoms with E-state index in [0.29, 0.717) is 23.2 Å². The van der Waals surface area contributed by atoms with E-state index in [4.69, 9.17) is 9.47 Å². The summed E-state index contributed by atoms with van der Waals surface area (Å²) >= 11 is 1.43. The number of non-ortho nitro benzene ring substituents is 1. The molecule has 1 aliphatic carbocycles. The van der Waals surface area contributed by atoms with Crippen LogP contribution in [0.15, 0.2) is 41.8 Å². The molecule has 2 aromatic rings. The summed E-state index contributed by atoms with van der Waals surface area (Å²) < 4.78 is 12.9. The van der Waals surface area contributed by atoms with E-state index < -0.39 is 16.5 Å². The molecule has 36 heavy (non-hydrogen) atoms. The Balaban J connectivity index is 1.18. The Hall–Kier alpha value is -2.49. The van der Waals surface area contributed by atoms with Crippen molar-refractivity contribution in [3.05, 3.63) is 56.8 Å². The molecular formula is C27H35N2O6S+. The number of carbonyl (C=O) groups is 1. The molecule has 4 heterocycles. The number of nitrogens with zero attached hydrogens (tertiary/aromatic N) is 2. The molecule has 1 aromatic carbocycles. The van der Waals surface area contributed by atoms with Crippen molar-refractivity contribution in [2.24, 2.45) is 11.8 Å². The standard InChI is InChI=1S/C27H35N2O6S/c30-26(27(31,21-5-1-2-6-21)25-7-3-18-36-25)35-24-19-29(15-12-20(24)13-16-29)14-4-17-34-23-10-8-22(9-11-23)28(32)33/h3,7-11,18,20-21,24,31H,1-2,4-6,12-17,19H2/q+1/t20?,24-,27+,29?/m0/s1. The number of nitro benzene ring substituents is 1. The minimum Gasteiger partial charge on any atom is -0.493 e. The molecule has 0 unspecified atom stereocenters. The molecule has 3 saturated heterocycles. The Morgan fingerprint density at radius 2 is 1.86 bits per heavy atom. The molecule has 0 radical (unpaired) electrons. The Kier molecular flexibility index (Phi) is 7.32. The van der Waals surface area contributed by atoms with Gasteiger partial charge in [0.1, 0.15) is 12.3 Å². The predicted molar refractivity (Wildman–Crippen MR) is 136 cm³/mol. The van der Waals surface area contributed by atoms with Crippen LogP contribution in [-0.4, -0.2) is 59.4 Å². The fourth-order valence-electron chi connectivity index (χ4n) is 6.46. The van der Waals surface area contributed by atoms with Gasteiger partial charge in [-0.3, -0.25) is 10.1 Å². The molecule has 1 N–H and O–H groups in total. The Labute approximate surface area is 215 Å². The van der Waals surface area contributed by atoms with E-state index in [2.05, 4.69) is 0 Å². The number of quaternary nitrogens is 1. The zero-order valence-corrected chi connectivity index (χ0v) is 21.4. The molecule has 2 atom stereocenters. The quantitative estimate of drug-likeness (QED) is 0.163. The number of nitro groups is 1. The molecule has 4 fully saturated rings. The Bertz CT molecular complexity index is 1040. The minimum atomic E-state index is -1.54. The topological polar surface area (TPSA) is 98.9 Å². The van der Waals surface area contributed by atoms with E-state index in [9.17, 15) is 20.0 Å². The molecule has 194 valence electrons. The van der Waals surface area contributed by atoms with Crippen molar-refractivity contribution in [2.45, 2.75) is 56.7 Å². The van der Waals surface area contributed by atoms with Gasteiger partial charge in [0, 0.05) is 48.1 Å². The highest BCUT2D eigenvalue weighted by Gasteiger charge is 2.53. The number of hydrogen-bond donors (Lipinski definition) is 1. The van der Waals surface area contributed by atoms with Gasteiger partial charge in [-0.15, -0.1) is 11.3 Å². The van der Waals surface area contributed by atoms with Gasteiger partial charge in [-0.05, 0) is 36.4 Å². The van der Waals surface area contributed by atoms with Crippen LogP contribution >= 0.6 is 11.3 Å². The largest absolute Gasteiger partial charge is 0.493 e. The first-order valence-corrected chi connectivity index (χ1v) is 14.0. The van der Waals surface area contributed by atoms with Crippen LogP contribution in [0.4, 0.5) is 5.69 Å². The molecule has 3 aliphatic heterocycles. The van der Waals surface area contributed by atoms with E-state index in [1.807, 2.05) is 17.5 Å². The molecule has 0 amide bonds. The number of rotatable bonds is 10.